The Kier molecular flexibility index (Phi) is 18.3. The van der Waals surface area contributed by atoms with Gasteiger partial charge in [-0.15, -0.1) is 0 Å². The highest BCUT2D eigenvalue weighted by Gasteiger charge is 2.53. The molecule has 2 saturated carbocycles. The maximum absolute atomic E-state index is 14.2. The van der Waals surface area contributed by atoms with Crippen molar-refractivity contribution in [2.75, 3.05) is 0 Å². The van der Waals surface area contributed by atoms with Crippen molar-refractivity contribution in [2.24, 2.45) is 17.8 Å². The molecule has 0 saturated heterocycles. The zero-order valence-corrected chi connectivity index (χ0v) is 35.0. The van der Waals surface area contributed by atoms with E-state index in [0.29, 0.717) is 6.42 Å². The van der Waals surface area contributed by atoms with Crippen molar-refractivity contribution in [3.63, 3.8) is 0 Å². The Morgan fingerprint density at radius 1 is 0.729 bits per heavy atom. The summed E-state index contributed by atoms with van der Waals surface area (Å²) in [4.78, 5) is 103. The molecule has 6 amide bonds. The first-order valence-electron chi connectivity index (χ1n) is 20.3. The summed E-state index contributed by atoms with van der Waals surface area (Å²) in [5.74, 6) is -7.74. The largest absolute Gasteiger partial charge is 0.481 e. The number of hydrogen-bond donors (Lipinski definition) is 8. The number of nitrogens with one attached hydrogen (secondary N) is 6. The van der Waals surface area contributed by atoms with E-state index in [1.54, 1.807) is 33.8 Å². The molecule has 2 fully saturated rings. The first-order chi connectivity index (χ1) is 27.8. The van der Waals surface area contributed by atoms with E-state index in [1.165, 1.54) is 24.3 Å². The van der Waals surface area contributed by atoms with Crippen LogP contribution in [0.4, 0.5) is 0 Å². The lowest BCUT2D eigenvalue weighted by Crippen LogP contribution is -2.61. The maximum Gasteiger partial charge on any atom is 0.303 e. The summed E-state index contributed by atoms with van der Waals surface area (Å²) in [5.41, 5.74) is -1.50. The Morgan fingerprint density at radius 2 is 1.32 bits per heavy atom. The van der Waals surface area contributed by atoms with Crippen LogP contribution in [0.1, 0.15) is 118 Å². The first-order valence-corrected chi connectivity index (χ1v) is 21.8. The minimum atomic E-state index is -4.23. The predicted octanol–water partition coefficient (Wildman–Crippen LogP) is 1.87. The zero-order chi connectivity index (χ0) is 43.9. The fourth-order valence-corrected chi connectivity index (χ4v) is 8.01. The lowest BCUT2D eigenvalue weighted by atomic mass is 9.84. The van der Waals surface area contributed by atoms with Crippen LogP contribution in [0.3, 0.4) is 0 Å². The SMILES string of the molecule is CC[C@H](C)[C@H](NC(=O)[C@H](CC(C)C)NC(=O)[C@@H](CCC(=O)O)NC(=O)CCC(=O)O)C(=O)N[C@@H](CC1CCCCC1)C(=O)NC1(C(=O)NS(=O)(=O)c2ccccc2)CC1. The smallest absolute Gasteiger partial charge is 0.303 e. The van der Waals surface area contributed by atoms with E-state index in [1.807, 2.05) is 0 Å². The molecule has 5 atom stereocenters. The summed E-state index contributed by atoms with van der Waals surface area (Å²) < 4.78 is 27.9. The molecule has 19 heteroatoms. The van der Waals surface area contributed by atoms with Crippen molar-refractivity contribution < 1.29 is 57.0 Å². The third-order valence-electron chi connectivity index (χ3n) is 10.8. The lowest BCUT2D eigenvalue weighted by Gasteiger charge is -2.31. The molecule has 59 heavy (non-hydrogen) atoms. The minimum Gasteiger partial charge on any atom is -0.481 e. The van der Waals surface area contributed by atoms with Crippen LogP contribution >= 0.6 is 0 Å². The van der Waals surface area contributed by atoms with Gasteiger partial charge in [-0.05, 0) is 62.0 Å². The molecule has 328 valence electrons. The van der Waals surface area contributed by atoms with E-state index >= 15 is 0 Å². The number of sulfonamides is 1. The van der Waals surface area contributed by atoms with Crippen LogP contribution in [0.15, 0.2) is 35.2 Å². The van der Waals surface area contributed by atoms with Crippen LogP contribution in [0.2, 0.25) is 0 Å². The summed E-state index contributed by atoms with van der Waals surface area (Å²) in [6, 6.07) is 2.33. The molecule has 0 radical (unpaired) electrons. The lowest BCUT2D eigenvalue weighted by molar-refractivity contribution is -0.139. The molecule has 2 aliphatic rings. The molecule has 0 bridgehead atoms. The summed E-state index contributed by atoms with van der Waals surface area (Å²) >= 11 is 0. The third kappa shape index (κ3) is 15.6. The van der Waals surface area contributed by atoms with Crippen LogP contribution in [0.5, 0.6) is 0 Å². The second-order valence-electron chi connectivity index (χ2n) is 16.1. The van der Waals surface area contributed by atoms with Crippen molar-refractivity contribution in [3.05, 3.63) is 30.3 Å². The van der Waals surface area contributed by atoms with Crippen molar-refractivity contribution in [2.45, 2.75) is 152 Å². The average molecular weight is 849 g/mol. The summed E-state index contributed by atoms with van der Waals surface area (Å²) in [6.45, 7) is 7.11. The predicted molar refractivity (Wildman–Crippen MR) is 213 cm³/mol. The molecule has 3 rings (SSSR count). The van der Waals surface area contributed by atoms with Crippen molar-refractivity contribution in [3.8, 4) is 0 Å². The van der Waals surface area contributed by atoms with Gasteiger partial charge in [-0.3, -0.25) is 38.4 Å². The maximum atomic E-state index is 14.2. The van der Waals surface area contributed by atoms with E-state index in [9.17, 15) is 51.9 Å². The van der Waals surface area contributed by atoms with Gasteiger partial charge in [0.2, 0.25) is 29.5 Å². The Morgan fingerprint density at radius 3 is 1.88 bits per heavy atom. The highest BCUT2D eigenvalue weighted by Crippen LogP contribution is 2.36. The fourth-order valence-electron chi connectivity index (χ4n) is 6.94. The van der Waals surface area contributed by atoms with E-state index < -0.39 is 112 Å². The van der Waals surface area contributed by atoms with Gasteiger partial charge < -0.3 is 36.8 Å². The van der Waals surface area contributed by atoms with Crippen LogP contribution in [-0.4, -0.2) is 95.7 Å². The Bertz CT molecular complexity index is 1780. The number of aliphatic carboxylic acids is 2. The van der Waals surface area contributed by atoms with Crippen molar-refractivity contribution in [1.29, 1.82) is 0 Å². The van der Waals surface area contributed by atoms with Gasteiger partial charge in [-0.25, -0.2) is 13.1 Å². The van der Waals surface area contributed by atoms with E-state index in [4.69, 9.17) is 5.11 Å². The molecule has 0 aliphatic heterocycles. The molecule has 18 nitrogen and oxygen atoms in total. The van der Waals surface area contributed by atoms with Gasteiger partial charge in [0.1, 0.15) is 29.7 Å². The van der Waals surface area contributed by atoms with Gasteiger partial charge in [0.15, 0.2) is 0 Å². The molecular weight excluding hydrogens is 789 g/mol. The van der Waals surface area contributed by atoms with Gasteiger partial charge in [0.25, 0.3) is 15.9 Å². The second kappa shape index (κ2) is 22.3. The van der Waals surface area contributed by atoms with Gasteiger partial charge >= 0.3 is 11.9 Å². The normalized spacial score (nSPS) is 17.5. The molecule has 0 aromatic heterocycles. The van der Waals surface area contributed by atoms with Gasteiger partial charge in [-0.2, -0.15) is 0 Å². The number of hydrogen-bond acceptors (Lipinski definition) is 10. The van der Waals surface area contributed by atoms with Crippen LogP contribution in [0.25, 0.3) is 0 Å². The van der Waals surface area contributed by atoms with E-state index in [2.05, 4.69) is 31.3 Å². The van der Waals surface area contributed by atoms with Gasteiger partial charge in [0, 0.05) is 12.8 Å². The summed E-state index contributed by atoms with van der Waals surface area (Å²) in [6.07, 6.45) is 3.80. The Balaban J connectivity index is 1.81. The quantitative estimate of drug-likeness (QED) is 0.0741. The number of carboxylic acids is 2. The minimum absolute atomic E-state index is 0.0724. The summed E-state index contributed by atoms with van der Waals surface area (Å²) in [5, 5.41) is 31.4. The number of carboxylic acid groups (broad SMARTS) is 2. The molecule has 0 heterocycles. The molecule has 0 unspecified atom stereocenters. The fraction of sp³-hybridized carbons (Fsp3) is 0.650. The average Bonchev–Trinajstić information content (AvgIpc) is 3.97. The molecule has 0 spiro atoms. The summed E-state index contributed by atoms with van der Waals surface area (Å²) in [7, 11) is -4.23. The molecule has 1 aromatic rings. The number of amides is 6. The number of benzene rings is 1. The highest BCUT2D eigenvalue weighted by molar-refractivity contribution is 7.90. The number of carbonyl (C=O) groups is 8. The van der Waals surface area contributed by atoms with Crippen molar-refractivity contribution in [1.82, 2.24) is 31.3 Å². The molecular formula is C40H60N6O12S. The molecule has 1 aromatic carbocycles. The van der Waals surface area contributed by atoms with Crippen LogP contribution in [0, 0.1) is 17.8 Å². The molecule has 8 N–H and O–H groups in total. The van der Waals surface area contributed by atoms with E-state index in [-0.39, 0.29) is 48.8 Å². The van der Waals surface area contributed by atoms with Gasteiger partial charge in [0.05, 0.1) is 11.3 Å². The second-order valence-corrected chi connectivity index (χ2v) is 17.8. The third-order valence-corrected chi connectivity index (χ3v) is 12.1. The Hall–Kier alpha value is -5.07. The van der Waals surface area contributed by atoms with Gasteiger partial charge in [-0.1, -0.05) is 84.4 Å². The van der Waals surface area contributed by atoms with E-state index in [0.717, 1.165) is 32.1 Å². The number of carbonyl (C=O) groups excluding carboxylic acids is 6. The van der Waals surface area contributed by atoms with Crippen LogP contribution in [-0.2, 0) is 48.4 Å². The monoisotopic (exact) mass is 848 g/mol. The van der Waals surface area contributed by atoms with Crippen LogP contribution < -0.4 is 31.3 Å². The first kappa shape index (κ1) is 48.3. The number of rotatable bonds is 24. The highest BCUT2D eigenvalue weighted by atomic mass is 32.2. The standard InChI is InChI=1S/C40H60N6O12S/c1-5-25(4)34(44-36(53)29(22-24(2)3)42-35(52)28(16-18-32(48)49)41-31(47)17-19-33(50)51)38(55)43-30(23-26-12-8-6-9-13-26)37(54)45-40(20-21-40)39(56)46-59(57,58)27-14-10-7-11-15-27/h7,10-11,14-15,24-26,28-30,34H,5-6,8-9,12-13,16-23H2,1-4H3,(H,41,47)(H,42,52)(H,43,55)(H,44,53)(H,45,54)(H,46,56)(H,48,49)(H,50,51)/t25-,28+,29-,30-,34-/m0/s1. The van der Waals surface area contributed by atoms with Crippen molar-refractivity contribution >= 4 is 57.4 Å². The molecule has 2 aliphatic carbocycles. The zero-order valence-electron chi connectivity index (χ0n) is 34.2. The topological polar surface area (TPSA) is 283 Å². The Labute approximate surface area is 345 Å².